The molecule has 2 saturated heterocycles. The Morgan fingerprint density at radius 2 is 1.91 bits per heavy atom. The highest BCUT2D eigenvalue weighted by atomic mass is 32.2. The number of carbonyl (C=O) groups is 1. The molecule has 1 unspecified atom stereocenters. The van der Waals surface area contributed by atoms with Crippen molar-refractivity contribution in [2.75, 3.05) is 44.7 Å². The number of amides is 1. The van der Waals surface area contributed by atoms with Crippen LogP contribution in [-0.4, -0.2) is 60.4 Å². The summed E-state index contributed by atoms with van der Waals surface area (Å²) in [7, 11) is 0. The number of thioether (sulfide) groups is 1. The molecule has 3 aliphatic rings. The van der Waals surface area contributed by atoms with E-state index in [2.05, 4.69) is 16.1 Å². The lowest BCUT2D eigenvalue weighted by Crippen LogP contribution is -2.47. The van der Waals surface area contributed by atoms with Crippen LogP contribution in [0.1, 0.15) is 57.8 Å². The van der Waals surface area contributed by atoms with Crippen molar-refractivity contribution < 1.29 is 4.79 Å². The molecule has 3 rings (SSSR count). The molecule has 23 heavy (non-hydrogen) atoms. The van der Waals surface area contributed by atoms with Gasteiger partial charge in [-0.25, -0.2) is 0 Å². The zero-order valence-electron chi connectivity index (χ0n) is 14.9. The van der Waals surface area contributed by atoms with Crippen LogP contribution in [0.15, 0.2) is 0 Å². The molecule has 1 atom stereocenters. The van der Waals surface area contributed by atoms with Gasteiger partial charge in [-0.2, -0.15) is 11.8 Å². The topological polar surface area (TPSA) is 23.6 Å². The molecule has 1 spiro atoms. The lowest BCUT2D eigenvalue weighted by molar-refractivity contribution is -0.130. The molecule has 4 heteroatoms. The van der Waals surface area contributed by atoms with Gasteiger partial charge in [-0.3, -0.25) is 4.79 Å². The van der Waals surface area contributed by atoms with Crippen molar-refractivity contribution >= 4 is 17.7 Å². The van der Waals surface area contributed by atoms with E-state index in [9.17, 15) is 4.79 Å². The molecular weight excluding hydrogens is 304 g/mol. The molecule has 2 aliphatic heterocycles. The van der Waals surface area contributed by atoms with Crippen molar-refractivity contribution in [3.63, 3.8) is 0 Å². The van der Waals surface area contributed by atoms with Gasteiger partial charge in [0.2, 0.25) is 5.91 Å². The highest BCUT2D eigenvalue weighted by molar-refractivity contribution is 7.98. The first-order chi connectivity index (χ1) is 11.2. The van der Waals surface area contributed by atoms with Gasteiger partial charge in [0.25, 0.3) is 0 Å². The molecular formula is C19H34N2OS. The smallest absolute Gasteiger partial charge is 0.223 e. The van der Waals surface area contributed by atoms with Crippen LogP contribution in [0.2, 0.25) is 0 Å². The molecule has 0 bridgehead atoms. The highest BCUT2D eigenvalue weighted by Gasteiger charge is 2.42. The Bertz CT molecular complexity index is 397. The fourth-order valence-corrected chi connectivity index (χ4v) is 5.41. The summed E-state index contributed by atoms with van der Waals surface area (Å²) in [6.45, 7) is 5.89. The van der Waals surface area contributed by atoms with E-state index in [0.717, 1.165) is 31.2 Å². The molecule has 1 aliphatic carbocycles. The fourth-order valence-electron chi connectivity index (χ4n) is 5.03. The molecule has 0 aromatic carbocycles. The van der Waals surface area contributed by atoms with Gasteiger partial charge < -0.3 is 9.80 Å². The Balaban J connectivity index is 1.50. The lowest BCUT2D eigenvalue weighted by atomic mass is 9.78. The van der Waals surface area contributed by atoms with E-state index in [4.69, 9.17) is 0 Å². The number of nitrogens with zero attached hydrogens (tertiary/aromatic N) is 2. The second-order valence-electron chi connectivity index (χ2n) is 8.15. The zero-order chi connectivity index (χ0) is 16.1. The third-order valence-electron chi connectivity index (χ3n) is 6.29. The van der Waals surface area contributed by atoms with Crippen LogP contribution in [0.25, 0.3) is 0 Å². The molecule has 1 amide bonds. The molecule has 3 nitrogen and oxygen atoms in total. The van der Waals surface area contributed by atoms with Crippen LogP contribution in [-0.2, 0) is 4.79 Å². The largest absolute Gasteiger partial charge is 0.342 e. The van der Waals surface area contributed by atoms with E-state index < -0.39 is 0 Å². The number of likely N-dealkylation sites (tertiary alicyclic amines) is 2. The summed E-state index contributed by atoms with van der Waals surface area (Å²) in [4.78, 5) is 17.2. The van der Waals surface area contributed by atoms with Crippen molar-refractivity contribution in [2.24, 2.45) is 11.3 Å². The average molecular weight is 339 g/mol. The predicted molar refractivity (Wildman–Crippen MR) is 98.9 cm³/mol. The number of rotatable bonds is 5. The summed E-state index contributed by atoms with van der Waals surface area (Å²) in [5, 5.41) is 0. The number of hydrogen-bond acceptors (Lipinski definition) is 3. The lowest BCUT2D eigenvalue weighted by Gasteiger charge is -2.42. The maximum Gasteiger partial charge on any atom is 0.223 e. The van der Waals surface area contributed by atoms with E-state index >= 15 is 0 Å². The second-order valence-corrected chi connectivity index (χ2v) is 9.14. The van der Waals surface area contributed by atoms with Crippen molar-refractivity contribution in [1.29, 1.82) is 0 Å². The average Bonchev–Trinajstić information content (AvgIpc) is 2.97. The standard InChI is InChI=1S/C19H34N2OS/c1-23-13-8-18(22)21-12-10-19(16-21)9-5-11-20(15-19)14-17-6-3-2-4-7-17/h17H,2-16H2,1H3. The summed E-state index contributed by atoms with van der Waals surface area (Å²) in [6, 6.07) is 0. The van der Waals surface area contributed by atoms with Gasteiger partial charge in [0.1, 0.15) is 0 Å². The summed E-state index contributed by atoms with van der Waals surface area (Å²) < 4.78 is 0. The first-order valence-electron chi connectivity index (χ1n) is 9.70. The number of carbonyl (C=O) groups excluding carboxylic acids is 1. The minimum Gasteiger partial charge on any atom is -0.342 e. The van der Waals surface area contributed by atoms with Crippen molar-refractivity contribution in [3.05, 3.63) is 0 Å². The maximum atomic E-state index is 12.3. The SMILES string of the molecule is CSCCC(=O)N1CCC2(CCCN(CC3CCCCC3)C2)C1. The predicted octanol–water partition coefficient (Wildman–Crippen LogP) is 3.63. The van der Waals surface area contributed by atoms with Crippen LogP contribution in [0.4, 0.5) is 0 Å². The monoisotopic (exact) mass is 338 g/mol. The minimum atomic E-state index is 0.389. The summed E-state index contributed by atoms with van der Waals surface area (Å²) in [5.41, 5.74) is 0.419. The molecule has 0 radical (unpaired) electrons. The van der Waals surface area contributed by atoms with Crippen molar-refractivity contribution in [1.82, 2.24) is 9.80 Å². The summed E-state index contributed by atoms with van der Waals surface area (Å²) >= 11 is 1.78. The Kier molecular flexibility index (Phi) is 6.31. The van der Waals surface area contributed by atoms with Crippen LogP contribution in [0, 0.1) is 11.3 Å². The fraction of sp³-hybridized carbons (Fsp3) is 0.947. The Morgan fingerprint density at radius 1 is 1.09 bits per heavy atom. The normalized spacial score (nSPS) is 30.2. The van der Waals surface area contributed by atoms with E-state index in [1.165, 1.54) is 71.0 Å². The van der Waals surface area contributed by atoms with E-state index in [1.54, 1.807) is 11.8 Å². The molecule has 1 saturated carbocycles. The van der Waals surface area contributed by atoms with Gasteiger partial charge in [-0.1, -0.05) is 19.3 Å². The van der Waals surface area contributed by atoms with Gasteiger partial charge in [-0.05, 0) is 50.8 Å². The molecule has 3 fully saturated rings. The first kappa shape index (κ1) is 17.6. The van der Waals surface area contributed by atoms with E-state index in [1.807, 2.05) is 0 Å². The minimum absolute atomic E-state index is 0.389. The summed E-state index contributed by atoms with van der Waals surface area (Å²) in [6.07, 6.45) is 14.0. The van der Waals surface area contributed by atoms with E-state index in [0.29, 0.717) is 11.3 Å². The number of hydrogen-bond donors (Lipinski definition) is 0. The molecule has 2 heterocycles. The Hall–Kier alpha value is -0.220. The van der Waals surface area contributed by atoms with Crippen molar-refractivity contribution in [3.8, 4) is 0 Å². The van der Waals surface area contributed by atoms with Gasteiger partial charge in [0, 0.05) is 43.8 Å². The maximum absolute atomic E-state index is 12.3. The first-order valence-corrected chi connectivity index (χ1v) is 11.1. The highest BCUT2D eigenvalue weighted by Crippen LogP contribution is 2.40. The number of piperidine rings is 1. The quantitative estimate of drug-likeness (QED) is 0.765. The molecule has 0 N–H and O–H groups in total. The third kappa shape index (κ3) is 4.66. The Labute approximate surface area is 146 Å². The van der Waals surface area contributed by atoms with Gasteiger partial charge in [0.05, 0.1) is 0 Å². The third-order valence-corrected chi connectivity index (χ3v) is 6.91. The molecule has 0 aromatic rings. The molecule has 0 aromatic heterocycles. The van der Waals surface area contributed by atoms with Crippen LogP contribution in [0.3, 0.4) is 0 Å². The van der Waals surface area contributed by atoms with Crippen molar-refractivity contribution in [2.45, 2.75) is 57.8 Å². The second kappa shape index (κ2) is 8.24. The van der Waals surface area contributed by atoms with Crippen LogP contribution in [0.5, 0.6) is 0 Å². The van der Waals surface area contributed by atoms with Crippen LogP contribution >= 0.6 is 11.8 Å². The summed E-state index contributed by atoms with van der Waals surface area (Å²) in [5.74, 6) is 2.30. The Morgan fingerprint density at radius 3 is 2.70 bits per heavy atom. The van der Waals surface area contributed by atoms with Gasteiger partial charge >= 0.3 is 0 Å². The van der Waals surface area contributed by atoms with Gasteiger partial charge in [0.15, 0.2) is 0 Å². The molecule has 132 valence electrons. The van der Waals surface area contributed by atoms with Crippen LogP contribution < -0.4 is 0 Å². The van der Waals surface area contributed by atoms with Gasteiger partial charge in [-0.15, -0.1) is 0 Å². The van der Waals surface area contributed by atoms with E-state index in [-0.39, 0.29) is 0 Å². The zero-order valence-corrected chi connectivity index (χ0v) is 15.7.